The maximum atomic E-state index is 10.1. The molecule has 0 heterocycles. The Bertz CT molecular complexity index is 613. The summed E-state index contributed by atoms with van der Waals surface area (Å²) < 4.78 is 0. The van der Waals surface area contributed by atoms with Crippen LogP contribution in [0.4, 0.5) is 0 Å². The van der Waals surface area contributed by atoms with Crippen LogP contribution in [-0.2, 0) is 0 Å². The molecule has 0 radical (unpaired) electrons. The normalized spacial score (nSPS) is 10.6. The second kappa shape index (κ2) is 5.05. The van der Waals surface area contributed by atoms with Crippen molar-refractivity contribution < 1.29 is 5.11 Å². The minimum Gasteiger partial charge on any atom is -0.507 e. The number of rotatable bonds is 3. The molecule has 0 bridgehead atoms. The zero-order valence-electron chi connectivity index (χ0n) is 9.11. The molecule has 0 saturated heterocycles. The molecule has 0 aliphatic heterocycles. The highest BCUT2D eigenvalue weighted by atomic mass is 16.3. The zero-order chi connectivity index (χ0) is 12.1. The highest BCUT2D eigenvalue weighted by Gasteiger charge is 2.02. The summed E-state index contributed by atoms with van der Waals surface area (Å²) in [6, 6.07) is 11.4. The maximum absolute atomic E-state index is 10.1. The Morgan fingerprint density at radius 3 is 2.88 bits per heavy atom. The Hall–Kier alpha value is -2.45. The van der Waals surface area contributed by atoms with E-state index >= 15 is 0 Å². The van der Waals surface area contributed by atoms with Gasteiger partial charge in [-0.2, -0.15) is 0 Å². The fraction of sp³-hybridized carbons (Fsp3) is 0.0769. The molecule has 4 heteroatoms. The van der Waals surface area contributed by atoms with Gasteiger partial charge in [-0.25, -0.2) is 0 Å². The van der Waals surface area contributed by atoms with Crippen molar-refractivity contribution in [3.63, 3.8) is 0 Å². The fourth-order valence-electron chi connectivity index (χ4n) is 1.67. The molecule has 0 saturated carbocycles. The average Bonchev–Trinajstić information content (AvgIpc) is 2.37. The van der Waals surface area contributed by atoms with Crippen molar-refractivity contribution >= 4 is 16.8 Å². The van der Waals surface area contributed by atoms with Crippen LogP contribution in [0.25, 0.3) is 27.3 Å². The summed E-state index contributed by atoms with van der Waals surface area (Å²) in [5.74, 6) is 0.250. The Kier molecular flexibility index (Phi) is 3.28. The molecule has 17 heavy (non-hydrogen) atoms. The molecule has 2 rings (SSSR count). The molecule has 2 aromatic carbocycles. The summed E-state index contributed by atoms with van der Waals surface area (Å²) >= 11 is 0. The lowest BCUT2D eigenvalue weighted by Crippen LogP contribution is -1.79. The number of hydrogen-bond donors (Lipinski definition) is 1. The molecule has 0 aromatic heterocycles. The predicted octanol–water partition coefficient (Wildman–Crippen LogP) is 3.87. The van der Waals surface area contributed by atoms with Crippen LogP contribution in [0.3, 0.4) is 0 Å². The van der Waals surface area contributed by atoms with E-state index in [1.54, 1.807) is 12.2 Å². The molecular weight excluding hydrogens is 214 g/mol. The summed E-state index contributed by atoms with van der Waals surface area (Å²) in [5, 5.41) is 15.3. The van der Waals surface area contributed by atoms with Crippen LogP contribution in [0, 0.1) is 0 Å². The summed E-state index contributed by atoms with van der Waals surface area (Å²) in [7, 11) is 0. The van der Waals surface area contributed by atoms with Crippen LogP contribution in [0.5, 0.6) is 5.75 Å². The van der Waals surface area contributed by atoms with Gasteiger partial charge >= 0.3 is 0 Å². The standard InChI is InChI=1S/C13H11N3O/c14-16-15-9-3-5-11-8-7-10-4-1-2-6-12(10)13(11)17/h1-8,17H,9H2. The number of aromatic hydroxyl groups is 1. The summed E-state index contributed by atoms with van der Waals surface area (Å²) in [4.78, 5) is 2.65. The minimum atomic E-state index is 0.250. The van der Waals surface area contributed by atoms with Crippen LogP contribution >= 0.6 is 0 Å². The first kappa shape index (κ1) is 11.0. The highest BCUT2D eigenvalue weighted by Crippen LogP contribution is 2.29. The molecule has 0 fully saturated rings. The maximum Gasteiger partial charge on any atom is 0.130 e. The van der Waals surface area contributed by atoms with E-state index in [0.717, 1.165) is 16.3 Å². The van der Waals surface area contributed by atoms with Crippen molar-refractivity contribution in [3.05, 3.63) is 58.5 Å². The quantitative estimate of drug-likeness (QED) is 0.480. The summed E-state index contributed by atoms with van der Waals surface area (Å²) in [5.41, 5.74) is 8.85. The third kappa shape index (κ3) is 2.38. The van der Waals surface area contributed by atoms with E-state index in [1.807, 2.05) is 36.4 Å². The van der Waals surface area contributed by atoms with Gasteiger partial charge in [-0.05, 0) is 10.9 Å². The molecule has 2 aromatic rings. The van der Waals surface area contributed by atoms with Gasteiger partial charge in [0.25, 0.3) is 0 Å². The second-order valence-electron chi connectivity index (χ2n) is 3.54. The van der Waals surface area contributed by atoms with Crippen molar-refractivity contribution in [1.29, 1.82) is 0 Å². The molecule has 0 amide bonds. The minimum absolute atomic E-state index is 0.250. The van der Waals surface area contributed by atoms with Gasteiger partial charge in [-0.3, -0.25) is 0 Å². The molecule has 0 atom stereocenters. The van der Waals surface area contributed by atoms with Crippen LogP contribution in [0.1, 0.15) is 5.56 Å². The lowest BCUT2D eigenvalue weighted by Gasteiger charge is -2.03. The van der Waals surface area contributed by atoms with Crippen LogP contribution in [0.2, 0.25) is 0 Å². The van der Waals surface area contributed by atoms with E-state index in [2.05, 4.69) is 10.0 Å². The molecule has 0 aliphatic carbocycles. The Balaban J connectivity index is 2.39. The highest BCUT2D eigenvalue weighted by molar-refractivity contribution is 5.91. The lowest BCUT2D eigenvalue weighted by molar-refractivity contribution is 0.480. The van der Waals surface area contributed by atoms with Crippen molar-refractivity contribution in [1.82, 2.24) is 0 Å². The monoisotopic (exact) mass is 225 g/mol. The molecule has 0 spiro atoms. The smallest absolute Gasteiger partial charge is 0.130 e. The predicted molar refractivity (Wildman–Crippen MR) is 68.7 cm³/mol. The van der Waals surface area contributed by atoms with Gasteiger partial charge in [-0.15, -0.1) is 0 Å². The van der Waals surface area contributed by atoms with Gasteiger partial charge in [-0.1, -0.05) is 53.7 Å². The third-order valence-corrected chi connectivity index (χ3v) is 2.48. The zero-order valence-corrected chi connectivity index (χ0v) is 9.11. The average molecular weight is 225 g/mol. The van der Waals surface area contributed by atoms with Crippen molar-refractivity contribution in [2.45, 2.75) is 0 Å². The number of hydrogen-bond acceptors (Lipinski definition) is 2. The number of phenols is 1. The Morgan fingerprint density at radius 2 is 2.06 bits per heavy atom. The number of fused-ring (bicyclic) bond motifs is 1. The van der Waals surface area contributed by atoms with Crippen LogP contribution in [-0.4, -0.2) is 11.7 Å². The molecule has 0 aliphatic rings. The lowest BCUT2D eigenvalue weighted by atomic mass is 10.1. The fourth-order valence-corrected chi connectivity index (χ4v) is 1.67. The largest absolute Gasteiger partial charge is 0.507 e. The number of benzene rings is 2. The first-order valence-corrected chi connectivity index (χ1v) is 5.21. The number of nitrogens with zero attached hydrogens (tertiary/aromatic N) is 3. The van der Waals surface area contributed by atoms with Gasteiger partial charge in [0, 0.05) is 22.4 Å². The first-order chi connectivity index (χ1) is 8.33. The SMILES string of the molecule is [N-]=[N+]=NCC=Cc1ccc2ccccc2c1O. The van der Waals surface area contributed by atoms with Crippen molar-refractivity contribution in [3.8, 4) is 5.75 Å². The van der Waals surface area contributed by atoms with Gasteiger partial charge in [0.05, 0.1) is 0 Å². The van der Waals surface area contributed by atoms with E-state index in [-0.39, 0.29) is 12.3 Å². The number of azide groups is 1. The van der Waals surface area contributed by atoms with E-state index in [1.165, 1.54) is 0 Å². The second-order valence-corrected chi connectivity index (χ2v) is 3.54. The van der Waals surface area contributed by atoms with Gasteiger partial charge in [0.2, 0.25) is 0 Å². The topological polar surface area (TPSA) is 69.0 Å². The molecule has 1 N–H and O–H groups in total. The molecule has 0 unspecified atom stereocenters. The van der Waals surface area contributed by atoms with Crippen molar-refractivity contribution in [2.75, 3.05) is 6.54 Å². The summed E-state index contributed by atoms with van der Waals surface area (Å²) in [6.45, 7) is 0.281. The number of phenolic OH excluding ortho intramolecular Hbond substituents is 1. The molecule has 4 nitrogen and oxygen atoms in total. The van der Waals surface area contributed by atoms with Gasteiger partial charge in [0.15, 0.2) is 0 Å². The van der Waals surface area contributed by atoms with Crippen LogP contribution in [0.15, 0.2) is 47.6 Å². The van der Waals surface area contributed by atoms with Crippen molar-refractivity contribution in [2.24, 2.45) is 5.11 Å². The van der Waals surface area contributed by atoms with E-state index in [0.29, 0.717) is 0 Å². The Labute approximate surface area is 98.4 Å². The first-order valence-electron chi connectivity index (χ1n) is 5.21. The van der Waals surface area contributed by atoms with E-state index < -0.39 is 0 Å². The molecular formula is C13H11N3O. The van der Waals surface area contributed by atoms with Gasteiger partial charge in [0.1, 0.15) is 5.75 Å². The third-order valence-electron chi connectivity index (χ3n) is 2.48. The van der Waals surface area contributed by atoms with E-state index in [9.17, 15) is 5.11 Å². The van der Waals surface area contributed by atoms with Gasteiger partial charge < -0.3 is 5.11 Å². The van der Waals surface area contributed by atoms with E-state index in [4.69, 9.17) is 5.53 Å². The van der Waals surface area contributed by atoms with Crippen LogP contribution < -0.4 is 0 Å². The Morgan fingerprint density at radius 1 is 1.24 bits per heavy atom. The summed E-state index contributed by atoms with van der Waals surface area (Å²) in [6.07, 6.45) is 3.46. The molecule has 84 valence electrons.